The van der Waals surface area contributed by atoms with Gasteiger partial charge in [0.15, 0.2) is 12.6 Å². The predicted molar refractivity (Wildman–Crippen MR) is 489 cm³/mol. The third-order valence-corrected chi connectivity index (χ3v) is 23.0. The number of para-hydroxylation sites is 1. The van der Waals surface area contributed by atoms with Crippen LogP contribution in [-0.2, 0) is 103 Å². The van der Waals surface area contributed by atoms with Crippen molar-refractivity contribution in [1.29, 1.82) is 0 Å². The lowest BCUT2D eigenvalue weighted by Gasteiger charge is -2.42. The average molecular weight is 1930 g/mol. The summed E-state index contributed by atoms with van der Waals surface area (Å²) in [6.07, 6.45) is 1.95. The molecule has 0 spiro atoms. The van der Waals surface area contributed by atoms with Gasteiger partial charge < -0.3 is 145 Å². The van der Waals surface area contributed by atoms with Gasteiger partial charge in [-0.3, -0.25) is 52.5 Å². The van der Waals surface area contributed by atoms with E-state index in [9.17, 15) is 88.0 Å². The normalized spacial score (nSPS) is 18.9. The molecular formula is C91H142N14O29P-. The van der Waals surface area contributed by atoms with Crippen LogP contribution in [-0.4, -0.2) is 324 Å². The molecule has 3 aliphatic heterocycles. The molecule has 2 fully saturated rings. The monoisotopic (exact) mass is 1930 g/mol. The number of unbranched alkanes of at least 4 members (excludes halogenated alkanes) is 11. The van der Waals surface area contributed by atoms with Crippen molar-refractivity contribution >= 4 is 72.6 Å². The smallest absolute Gasteiger partial charge is 0.267 e. The number of amides is 10. The number of carbonyl (C=O) groups excluding carboxylic acids is 10. The standard InChI is InChI=1S/C91H143N14O29P/c1-4-5-6-7-8-10-19-46-131-135(122,123)132-47-20-11-9-18-35-93-76(112)30-31-79(115)104-60-65-24-12-13-25-69(65)80-83(70-26-14-15-27-71(70)104)105(103-102-80)43-50-125-52-54-127-56-55-126-53-51-124-48-33-78(114)97-42-49-128-68-58-66(88(120)98-36-23-34-92-38-39-94-74(110)28-16-21-44-129-90-81(100-63(2)108)86(118)84(116)72(61-106)133-90)57-67(59-68)89(121)99-37-32-77(113)96-41-40-95-75(111)29-17-22-45-130-91-82(101-64(3)109)87(119)85(117)73(62-107)134-91/h12-15,24-27,57-59,72-73,81-82,84-87,90-92,106-107,116-119H,4-11,16-23,28-56,60-62H2,1-3H3,(H,93,112)(H,94,110)(H,95,111)(H,96,113)(H,97,114)(H,98,120)(H,99,121)(H,100,108)(H,101,109)(H,122,123)/p-1. The minimum Gasteiger partial charge on any atom is -0.756 e. The Morgan fingerprint density at radius 3 is 1.51 bits per heavy atom. The molecule has 2 saturated heterocycles. The highest BCUT2D eigenvalue weighted by atomic mass is 31.2. The van der Waals surface area contributed by atoms with Crippen LogP contribution in [0.3, 0.4) is 0 Å². The van der Waals surface area contributed by atoms with E-state index in [1.807, 2.05) is 48.5 Å². The molecule has 0 radical (unpaired) electrons. The molecule has 3 aliphatic rings. The van der Waals surface area contributed by atoms with Crippen LogP contribution in [0.25, 0.3) is 22.5 Å². The number of hydrogen-bond donors (Lipinski definition) is 16. The lowest BCUT2D eigenvalue weighted by molar-refractivity contribution is -0.270. The van der Waals surface area contributed by atoms with Gasteiger partial charge in [-0.1, -0.05) is 106 Å². The minimum absolute atomic E-state index is 0.00950. The SMILES string of the molecule is CCCCCCCCCOP(=O)([O-])OCCCCCCNC(=O)CCC(=O)N1Cc2ccccc2-c2nnn(CCOCCOCCOCCOCCC(=O)NCCOc3cc(C(=O)NCCCNCCNC(=O)CCCCOC4OC(CO)C(O)C(O)C4NC(C)=O)cc(C(=O)NCCC(=O)NCCNC(=O)CCCCOC4OC(CO)C(O)C(O)C4NC(C)=O)c3)c2-c2ccccc21. The third kappa shape index (κ3) is 42.8. The molecule has 7 rings (SSSR count). The second-order valence-corrected chi connectivity index (χ2v) is 34.2. The van der Waals surface area contributed by atoms with Crippen LogP contribution in [0.2, 0.25) is 0 Å². The van der Waals surface area contributed by atoms with Crippen molar-refractivity contribution in [2.45, 2.75) is 236 Å². The van der Waals surface area contributed by atoms with Crippen molar-refractivity contribution in [3.05, 3.63) is 83.4 Å². The number of benzene rings is 3. The Kier molecular flexibility index (Phi) is 54.2. The number of aliphatic hydroxyl groups excluding tert-OH is 6. The molecule has 44 heteroatoms. The summed E-state index contributed by atoms with van der Waals surface area (Å²) >= 11 is 0. The van der Waals surface area contributed by atoms with Gasteiger partial charge in [0.25, 0.3) is 19.6 Å². The zero-order valence-corrected chi connectivity index (χ0v) is 78.8. The molecule has 16 N–H and O–H groups in total. The highest BCUT2D eigenvalue weighted by Crippen LogP contribution is 2.42. The first kappa shape index (κ1) is 113. The van der Waals surface area contributed by atoms with Crippen molar-refractivity contribution in [3.63, 3.8) is 0 Å². The van der Waals surface area contributed by atoms with Crippen LogP contribution in [0.1, 0.15) is 188 Å². The summed E-state index contributed by atoms with van der Waals surface area (Å²) in [5.41, 5.74) is 4.57. The number of phosphoric ester groups is 1. The van der Waals surface area contributed by atoms with Gasteiger partial charge in [-0.05, 0) is 87.7 Å². The molecule has 0 aliphatic carbocycles. The number of ether oxygens (including phenoxy) is 9. The van der Waals surface area contributed by atoms with Crippen LogP contribution in [0.15, 0.2) is 66.7 Å². The molecule has 11 unspecified atom stereocenters. The number of nitrogens with one attached hydrogen (secondary N) is 10. The summed E-state index contributed by atoms with van der Waals surface area (Å²) in [5, 5.41) is 97.3. The second kappa shape index (κ2) is 64.8. The summed E-state index contributed by atoms with van der Waals surface area (Å²) in [4.78, 5) is 142. The first-order valence-corrected chi connectivity index (χ1v) is 48.5. The fourth-order valence-electron chi connectivity index (χ4n) is 14.8. The average Bonchev–Trinajstić information content (AvgIpc) is 1.58. The highest BCUT2D eigenvalue weighted by molar-refractivity contribution is 7.45. The van der Waals surface area contributed by atoms with Gasteiger partial charge in [-0.25, -0.2) is 4.68 Å². The van der Waals surface area contributed by atoms with Crippen molar-refractivity contribution in [1.82, 2.24) is 68.2 Å². The first-order valence-electron chi connectivity index (χ1n) is 47.0. The number of nitrogens with zero attached hydrogens (tertiary/aromatic N) is 4. The Labute approximate surface area is 788 Å². The molecule has 0 saturated carbocycles. The zero-order valence-electron chi connectivity index (χ0n) is 77.9. The molecule has 135 heavy (non-hydrogen) atoms. The van der Waals surface area contributed by atoms with Crippen LogP contribution in [0, 0.1) is 0 Å². The Hall–Kier alpha value is -9.19. The van der Waals surface area contributed by atoms with E-state index in [4.69, 9.17) is 51.7 Å². The van der Waals surface area contributed by atoms with Crippen LogP contribution < -0.4 is 67.7 Å². The number of aliphatic hydroxyl groups is 6. The Morgan fingerprint density at radius 1 is 0.459 bits per heavy atom. The van der Waals surface area contributed by atoms with E-state index in [0.29, 0.717) is 108 Å². The number of hydrogen-bond acceptors (Lipinski definition) is 32. The molecular weight excluding hydrogens is 1780 g/mol. The van der Waals surface area contributed by atoms with E-state index >= 15 is 0 Å². The molecule has 4 heterocycles. The lowest BCUT2D eigenvalue weighted by atomic mass is 9.95. The Balaban J connectivity index is 0.756. The Bertz CT molecular complexity index is 4270. The van der Waals surface area contributed by atoms with Crippen molar-refractivity contribution in [2.75, 3.05) is 163 Å². The summed E-state index contributed by atoms with van der Waals surface area (Å²) in [7, 11) is -4.34. The molecule has 43 nitrogen and oxygen atoms in total. The molecule has 1 aromatic heterocycles. The van der Waals surface area contributed by atoms with Crippen molar-refractivity contribution in [2.24, 2.45) is 0 Å². The van der Waals surface area contributed by atoms with Gasteiger partial charge in [-0.15, -0.1) is 5.10 Å². The maximum Gasteiger partial charge on any atom is 0.267 e. The summed E-state index contributed by atoms with van der Waals surface area (Å²) in [5.74, 6) is -3.71. The van der Waals surface area contributed by atoms with Crippen LogP contribution >= 0.6 is 7.82 Å². The van der Waals surface area contributed by atoms with E-state index in [1.165, 1.54) is 51.3 Å². The van der Waals surface area contributed by atoms with Crippen LogP contribution in [0.5, 0.6) is 5.75 Å². The maximum absolute atomic E-state index is 14.2. The van der Waals surface area contributed by atoms with Gasteiger partial charge in [0, 0.05) is 134 Å². The number of carbonyl (C=O) groups is 10. The summed E-state index contributed by atoms with van der Waals surface area (Å²) < 4.78 is 75.5. The predicted octanol–water partition coefficient (Wildman–Crippen LogP) is 1.26. The minimum atomic E-state index is -4.34. The number of rotatable bonds is 70. The van der Waals surface area contributed by atoms with E-state index in [0.717, 1.165) is 42.4 Å². The van der Waals surface area contributed by atoms with E-state index in [2.05, 4.69) is 70.4 Å². The fourth-order valence-corrected chi connectivity index (χ4v) is 15.5. The van der Waals surface area contributed by atoms with Gasteiger partial charge in [0.05, 0.1) is 110 Å². The lowest BCUT2D eigenvalue weighted by Crippen LogP contribution is -2.64. The summed E-state index contributed by atoms with van der Waals surface area (Å²) in [6, 6.07) is 17.3. The van der Waals surface area contributed by atoms with Crippen molar-refractivity contribution in [3.8, 4) is 28.3 Å². The van der Waals surface area contributed by atoms with Crippen LogP contribution in [0.4, 0.5) is 5.69 Å². The molecule has 3 aromatic carbocycles. The summed E-state index contributed by atoms with van der Waals surface area (Å²) in [6.45, 7) is 8.25. The maximum atomic E-state index is 14.2. The van der Waals surface area contributed by atoms with Crippen molar-refractivity contribution < 1.29 is 140 Å². The van der Waals surface area contributed by atoms with E-state index < -0.39 is 112 Å². The molecule has 10 amide bonds. The van der Waals surface area contributed by atoms with Gasteiger partial charge >= 0.3 is 0 Å². The fraction of sp³-hybridized carbons (Fsp3) is 0.670. The largest absolute Gasteiger partial charge is 0.756 e. The first-order chi connectivity index (χ1) is 65.3. The molecule has 11 atom stereocenters. The molecule has 4 aromatic rings. The number of anilines is 1. The zero-order chi connectivity index (χ0) is 97.4. The highest BCUT2D eigenvalue weighted by Gasteiger charge is 2.47. The Morgan fingerprint density at radius 2 is 0.933 bits per heavy atom. The topological polar surface area (TPSA) is 588 Å². The molecule has 756 valence electrons. The van der Waals surface area contributed by atoms with Gasteiger partial charge in [0.2, 0.25) is 47.3 Å². The number of aromatic nitrogens is 3. The third-order valence-electron chi connectivity index (χ3n) is 22.0. The number of phosphoric acid groups is 1. The van der Waals surface area contributed by atoms with Gasteiger partial charge in [-0.2, -0.15) is 0 Å². The quantitative estimate of drug-likeness (QED) is 0.0218. The second-order valence-electron chi connectivity index (χ2n) is 32.7. The molecule has 0 bridgehead atoms. The van der Waals surface area contributed by atoms with E-state index in [1.54, 1.807) is 9.58 Å². The van der Waals surface area contributed by atoms with Gasteiger partial charge in [0.1, 0.15) is 66.8 Å². The number of fused-ring (bicyclic) bond motifs is 5. The van der Waals surface area contributed by atoms with E-state index in [-0.39, 0.29) is 210 Å².